The number of carbonyl (C=O) groups is 2. The summed E-state index contributed by atoms with van der Waals surface area (Å²) in [5.74, 6) is -0.0632. The Morgan fingerprint density at radius 2 is 1.95 bits per heavy atom. The molecular formula is C13H19N3O3. The quantitative estimate of drug-likeness (QED) is 0.754. The Balaban J connectivity index is 2.89. The van der Waals surface area contributed by atoms with Gasteiger partial charge in [-0.1, -0.05) is 12.1 Å². The van der Waals surface area contributed by atoms with Gasteiger partial charge in [0.1, 0.15) is 5.75 Å². The number of benzene rings is 1. The molecule has 2 unspecified atom stereocenters. The lowest BCUT2D eigenvalue weighted by Crippen LogP contribution is -2.42. The first-order valence-corrected chi connectivity index (χ1v) is 5.94. The lowest BCUT2D eigenvalue weighted by Gasteiger charge is -2.18. The van der Waals surface area contributed by atoms with Crippen LogP contribution in [0.3, 0.4) is 0 Å². The number of amides is 3. The molecule has 6 heteroatoms. The number of hydrogen-bond donors (Lipinski definition) is 3. The van der Waals surface area contributed by atoms with Crippen LogP contribution in [0.25, 0.3) is 0 Å². The van der Waals surface area contributed by atoms with Gasteiger partial charge in [0.2, 0.25) is 0 Å². The SMILES string of the molecule is Cc1ccc(C(C)N)c(OC(C)C(=O)NC(N)=O)c1. The monoisotopic (exact) mass is 265 g/mol. The lowest BCUT2D eigenvalue weighted by atomic mass is 10.1. The summed E-state index contributed by atoms with van der Waals surface area (Å²) in [5.41, 5.74) is 12.5. The van der Waals surface area contributed by atoms with E-state index in [0.717, 1.165) is 11.1 Å². The van der Waals surface area contributed by atoms with E-state index in [1.165, 1.54) is 6.92 Å². The number of ether oxygens (including phenoxy) is 1. The Hall–Kier alpha value is -2.08. The molecule has 0 saturated carbocycles. The third-order valence-electron chi connectivity index (χ3n) is 2.58. The second-order valence-electron chi connectivity index (χ2n) is 4.44. The van der Waals surface area contributed by atoms with Crippen LogP contribution < -0.4 is 21.5 Å². The van der Waals surface area contributed by atoms with E-state index in [4.69, 9.17) is 16.2 Å². The summed E-state index contributed by atoms with van der Waals surface area (Å²) in [6, 6.07) is 4.44. The molecule has 1 aromatic carbocycles. The van der Waals surface area contributed by atoms with Gasteiger partial charge in [-0.25, -0.2) is 4.79 Å². The molecule has 0 radical (unpaired) electrons. The minimum atomic E-state index is -0.905. The molecule has 0 bridgehead atoms. The number of hydrogen-bond acceptors (Lipinski definition) is 4. The molecule has 0 aromatic heterocycles. The highest BCUT2D eigenvalue weighted by atomic mass is 16.5. The first-order chi connectivity index (χ1) is 8.81. The Morgan fingerprint density at radius 3 is 2.47 bits per heavy atom. The molecule has 5 N–H and O–H groups in total. The fraction of sp³-hybridized carbons (Fsp3) is 0.385. The number of rotatable bonds is 4. The highest BCUT2D eigenvalue weighted by Crippen LogP contribution is 2.26. The number of primary amides is 1. The van der Waals surface area contributed by atoms with Gasteiger partial charge in [-0.3, -0.25) is 10.1 Å². The highest BCUT2D eigenvalue weighted by molar-refractivity contribution is 5.95. The second kappa shape index (κ2) is 6.19. The van der Waals surface area contributed by atoms with Crippen LogP contribution in [-0.2, 0) is 4.79 Å². The zero-order valence-electron chi connectivity index (χ0n) is 11.3. The van der Waals surface area contributed by atoms with Gasteiger partial charge < -0.3 is 16.2 Å². The van der Waals surface area contributed by atoms with Crippen molar-refractivity contribution in [2.75, 3.05) is 0 Å². The molecule has 2 atom stereocenters. The van der Waals surface area contributed by atoms with Crippen molar-refractivity contribution in [1.29, 1.82) is 0 Å². The fourth-order valence-corrected chi connectivity index (χ4v) is 1.59. The van der Waals surface area contributed by atoms with E-state index in [9.17, 15) is 9.59 Å². The van der Waals surface area contributed by atoms with Crippen molar-refractivity contribution in [2.45, 2.75) is 32.9 Å². The zero-order valence-corrected chi connectivity index (χ0v) is 11.3. The van der Waals surface area contributed by atoms with E-state index in [1.807, 2.05) is 31.3 Å². The van der Waals surface area contributed by atoms with Gasteiger partial charge in [0.05, 0.1) is 0 Å². The Labute approximate surface area is 112 Å². The van der Waals surface area contributed by atoms with Crippen LogP contribution in [-0.4, -0.2) is 18.0 Å². The summed E-state index contributed by atoms with van der Waals surface area (Å²) < 4.78 is 5.55. The van der Waals surface area contributed by atoms with Crippen LogP contribution in [0.5, 0.6) is 5.75 Å². The van der Waals surface area contributed by atoms with Crippen molar-refractivity contribution < 1.29 is 14.3 Å². The number of carbonyl (C=O) groups excluding carboxylic acids is 2. The van der Waals surface area contributed by atoms with Crippen molar-refractivity contribution in [1.82, 2.24) is 5.32 Å². The Kier molecular flexibility index (Phi) is 4.88. The first-order valence-electron chi connectivity index (χ1n) is 5.94. The van der Waals surface area contributed by atoms with E-state index in [0.29, 0.717) is 5.75 Å². The average molecular weight is 265 g/mol. The molecule has 0 heterocycles. The molecule has 19 heavy (non-hydrogen) atoms. The minimum absolute atomic E-state index is 0.220. The number of nitrogens with one attached hydrogen (secondary N) is 1. The maximum absolute atomic E-state index is 11.6. The average Bonchev–Trinajstić information content (AvgIpc) is 2.27. The third-order valence-corrected chi connectivity index (χ3v) is 2.58. The number of aryl methyl sites for hydroxylation is 1. The van der Waals surface area contributed by atoms with Crippen LogP contribution in [0.4, 0.5) is 4.79 Å². The van der Waals surface area contributed by atoms with E-state index < -0.39 is 18.0 Å². The van der Waals surface area contributed by atoms with Gasteiger partial charge in [0, 0.05) is 11.6 Å². The predicted octanol–water partition coefficient (Wildman–Crippen LogP) is 0.977. The minimum Gasteiger partial charge on any atom is -0.481 e. The largest absolute Gasteiger partial charge is 0.481 e. The molecule has 0 saturated heterocycles. The maximum atomic E-state index is 11.6. The number of imide groups is 1. The molecule has 1 rings (SSSR count). The maximum Gasteiger partial charge on any atom is 0.318 e. The molecule has 0 spiro atoms. The third kappa shape index (κ3) is 4.26. The summed E-state index contributed by atoms with van der Waals surface area (Å²) in [5, 5.41) is 1.97. The number of nitrogens with two attached hydrogens (primary N) is 2. The molecule has 6 nitrogen and oxygen atoms in total. The molecule has 0 aliphatic carbocycles. The predicted molar refractivity (Wildman–Crippen MR) is 71.6 cm³/mol. The van der Waals surface area contributed by atoms with E-state index in [2.05, 4.69) is 0 Å². The summed E-state index contributed by atoms with van der Waals surface area (Å²) in [7, 11) is 0. The summed E-state index contributed by atoms with van der Waals surface area (Å²) in [6.45, 7) is 5.27. The molecule has 0 aliphatic rings. The van der Waals surface area contributed by atoms with Gasteiger partial charge in [0.25, 0.3) is 5.91 Å². The Morgan fingerprint density at radius 1 is 1.32 bits per heavy atom. The van der Waals surface area contributed by atoms with Crippen LogP contribution in [0.2, 0.25) is 0 Å². The molecule has 1 aromatic rings. The zero-order chi connectivity index (χ0) is 14.6. The van der Waals surface area contributed by atoms with E-state index in [-0.39, 0.29) is 6.04 Å². The topological polar surface area (TPSA) is 107 Å². The first kappa shape index (κ1) is 15.0. The van der Waals surface area contributed by atoms with E-state index in [1.54, 1.807) is 6.07 Å². The van der Waals surface area contributed by atoms with Crippen LogP contribution >= 0.6 is 0 Å². The molecule has 0 fully saturated rings. The van der Waals surface area contributed by atoms with Crippen molar-refractivity contribution in [3.8, 4) is 5.75 Å². The molecule has 0 aliphatic heterocycles. The second-order valence-corrected chi connectivity index (χ2v) is 4.44. The fourth-order valence-electron chi connectivity index (χ4n) is 1.59. The normalized spacial score (nSPS) is 13.5. The van der Waals surface area contributed by atoms with E-state index >= 15 is 0 Å². The van der Waals surface area contributed by atoms with Gasteiger partial charge >= 0.3 is 6.03 Å². The molecule has 104 valence electrons. The molecular weight excluding hydrogens is 246 g/mol. The lowest BCUT2D eigenvalue weighted by molar-refractivity contribution is -0.126. The van der Waals surface area contributed by atoms with Gasteiger partial charge in [0.15, 0.2) is 6.10 Å². The van der Waals surface area contributed by atoms with Crippen LogP contribution in [0.1, 0.15) is 31.0 Å². The summed E-state index contributed by atoms with van der Waals surface area (Å²) in [6.07, 6.45) is -0.841. The van der Waals surface area contributed by atoms with Crippen molar-refractivity contribution in [3.63, 3.8) is 0 Å². The van der Waals surface area contributed by atoms with Gasteiger partial charge in [-0.2, -0.15) is 0 Å². The summed E-state index contributed by atoms with van der Waals surface area (Å²) in [4.78, 5) is 22.2. The van der Waals surface area contributed by atoms with Crippen LogP contribution in [0.15, 0.2) is 18.2 Å². The highest BCUT2D eigenvalue weighted by Gasteiger charge is 2.18. The van der Waals surface area contributed by atoms with Crippen molar-refractivity contribution >= 4 is 11.9 Å². The van der Waals surface area contributed by atoms with Crippen molar-refractivity contribution in [3.05, 3.63) is 29.3 Å². The molecule has 3 amide bonds. The Bertz CT molecular complexity index is 486. The van der Waals surface area contributed by atoms with Gasteiger partial charge in [-0.15, -0.1) is 0 Å². The van der Waals surface area contributed by atoms with Crippen molar-refractivity contribution in [2.24, 2.45) is 11.5 Å². The smallest absolute Gasteiger partial charge is 0.318 e. The van der Waals surface area contributed by atoms with Crippen LogP contribution in [0, 0.1) is 6.92 Å². The number of urea groups is 1. The van der Waals surface area contributed by atoms with Gasteiger partial charge in [-0.05, 0) is 32.4 Å². The summed E-state index contributed by atoms with van der Waals surface area (Å²) >= 11 is 0. The standard InChI is InChI=1S/C13H19N3O3/c1-7-4-5-10(8(2)14)11(6-7)19-9(3)12(17)16-13(15)18/h4-6,8-9H,14H2,1-3H3,(H3,15,16,17,18).